The minimum absolute atomic E-state index is 0. The van der Waals surface area contributed by atoms with E-state index in [0.717, 1.165) is 38.1 Å². The zero-order chi connectivity index (χ0) is 19.2. The molecule has 6 nitrogen and oxygen atoms in total. The highest BCUT2D eigenvalue weighted by atomic mass is 127. The molecule has 1 aliphatic heterocycles. The van der Waals surface area contributed by atoms with Crippen molar-refractivity contribution in [3.05, 3.63) is 0 Å². The molecule has 1 heterocycles. The van der Waals surface area contributed by atoms with Gasteiger partial charge in [-0.15, -0.1) is 24.0 Å². The zero-order valence-corrected chi connectivity index (χ0v) is 20.7. The highest BCUT2D eigenvalue weighted by Gasteiger charge is 2.40. The number of nitrogens with one attached hydrogen (secondary N) is 1. The number of hydrogen-bond donors (Lipinski definition) is 1. The maximum atomic E-state index is 12.2. The first-order valence-electron chi connectivity index (χ1n) is 10.2. The number of halogens is 1. The Morgan fingerprint density at radius 2 is 1.93 bits per heavy atom. The van der Waals surface area contributed by atoms with E-state index in [1.165, 1.54) is 32.1 Å². The predicted molar refractivity (Wildman–Crippen MR) is 125 cm³/mol. The number of rotatable bonds is 6. The van der Waals surface area contributed by atoms with E-state index in [1.54, 1.807) is 0 Å². The summed E-state index contributed by atoms with van der Waals surface area (Å²) in [4.78, 5) is 9.38. The Kier molecular flexibility index (Phi) is 10.3. The van der Waals surface area contributed by atoms with Crippen LogP contribution in [-0.4, -0.2) is 80.5 Å². The number of aliphatic imine (C=N–C) groups is 1. The largest absolute Gasteiger partial charge is 0.357 e. The van der Waals surface area contributed by atoms with Gasteiger partial charge in [0.15, 0.2) is 15.8 Å². The van der Waals surface area contributed by atoms with Gasteiger partial charge in [0.05, 0.1) is 10.5 Å². The molecule has 1 saturated heterocycles. The predicted octanol–water partition coefficient (Wildman–Crippen LogP) is 2.73. The van der Waals surface area contributed by atoms with E-state index in [2.05, 4.69) is 29.1 Å². The van der Waals surface area contributed by atoms with Crippen LogP contribution in [0.15, 0.2) is 4.99 Å². The Bertz CT molecular complexity index is 574. The van der Waals surface area contributed by atoms with Gasteiger partial charge in [0, 0.05) is 32.2 Å². The molecular formula is C19H39IN4O2S. The second-order valence-electron chi connectivity index (χ2n) is 8.36. The van der Waals surface area contributed by atoms with Gasteiger partial charge in [-0.2, -0.15) is 0 Å². The molecule has 0 spiro atoms. The third-order valence-electron chi connectivity index (χ3n) is 5.81. The fraction of sp³-hybridized carbons (Fsp3) is 0.947. The normalized spacial score (nSPS) is 23.1. The SMILES string of the molecule is CCNC(=NCCCN(C)C1CCCCC1)N1CCS(=O)(=O)C(C)(C)C1.I. The molecule has 8 heteroatoms. The van der Waals surface area contributed by atoms with Crippen molar-refractivity contribution in [3.63, 3.8) is 0 Å². The standard InChI is InChI=1S/C19H38N4O2S.HI/c1-5-20-18(23-14-15-26(24,25)19(2,3)16-23)21-12-9-13-22(4)17-10-7-6-8-11-17;/h17H,5-16H2,1-4H3,(H,20,21);1H. The summed E-state index contributed by atoms with van der Waals surface area (Å²) < 4.78 is 23.7. The lowest BCUT2D eigenvalue weighted by molar-refractivity contribution is 0.191. The molecule has 1 N–H and O–H groups in total. The highest BCUT2D eigenvalue weighted by molar-refractivity contribution is 14.0. The molecule has 0 amide bonds. The van der Waals surface area contributed by atoms with Crippen molar-refractivity contribution in [2.75, 3.05) is 45.5 Å². The summed E-state index contributed by atoms with van der Waals surface area (Å²) in [5.74, 6) is 1.06. The van der Waals surface area contributed by atoms with Crippen LogP contribution in [0.1, 0.15) is 59.3 Å². The topological polar surface area (TPSA) is 65.0 Å². The van der Waals surface area contributed by atoms with Crippen molar-refractivity contribution >= 4 is 39.8 Å². The fourth-order valence-electron chi connectivity index (χ4n) is 3.96. The maximum Gasteiger partial charge on any atom is 0.193 e. The molecule has 0 radical (unpaired) electrons. The van der Waals surface area contributed by atoms with Crippen molar-refractivity contribution in [1.29, 1.82) is 0 Å². The molecule has 0 aromatic heterocycles. The lowest BCUT2D eigenvalue weighted by Crippen LogP contribution is -2.57. The molecular weight excluding hydrogens is 475 g/mol. The molecule has 0 aromatic rings. The van der Waals surface area contributed by atoms with E-state index in [4.69, 9.17) is 4.99 Å². The minimum Gasteiger partial charge on any atom is -0.357 e. The van der Waals surface area contributed by atoms with Gasteiger partial charge in [0.25, 0.3) is 0 Å². The first-order chi connectivity index (χ1) is 12.3. The number of hydrogen-bond acceptors (Lipinski definition) is 4. The number of sulfone groups is 1. The molecule has 2 rings (SSSR count). The monoisotopic (exact) mass is 514 g/mol. The average molecular weight is 515 g/mol. The summed E-state index contributed by atoms with van der Waals surface area (Å²) in [5, 5.41) is 3.34. The van der Waals surface area contributed by atoms with Crippen LogP contribution in [0.25, 0.3) is 0 Å². The van der Waals surface area contributed by atoms with E-state index in [1.807, 2.05) is 13.8 Å². The lowest BCUT2D eigenvalue weighted by atomic mass is 9.94. The van der Waals surface area contributed by atoms with Crippen LogP contribution in [0.3, 0.4) is 0 Å². The molecule has 2 aliphatic rings. The van der Waals surface area contributed by atoms with Crippen LogP contribution in [-0.2, 0) is 9.84 Å². The highest BCUT2D eigenvalue weighted by Crippen LogP contribution is 2.24. The van der Waals surface area contributed by atoms with Crippen molar-refractivity contribution in [2.45, 2.75) is 70.1 Å². The van der Waals surface area contributed by atoms with Crippen molar-refractivity contribution < 1.29 is 8.42 Å². The van der Waals surface area contributed by atoms with Crippen LogP contribution in [0.4, 0.5) is 0 Å². The van der Waals surface area contributed by atoms with Gasteiger partial charge in [-0.1, -0.05) is 19.3 Å². The van der Waals surface area contributed by atoms with E-state index < -0.39 is 14.6 Å². The summed E-state index contributed by atoms with van der Waals surface area (Å²) in [6.45, 7) is 9.37. The molecule has 0 aromatic carbocycles. The smallest absolute Gasteiger partial charge is 0.193 e. The van der Waals surface area contributed by atoms with Gasteiger partial charge in [0.2, 0.25) is 0 Å². The zero-order valence-electron chi connectivity index (χ0n) is 17.5. The van der Waals surface area contributed by atoms with E-state index in [-0.39, 0.29) is 29.7 Å². The summed E-state index contributed by atoms with van der Waals surface area (Å²) in [6.07, 6.45) is 7.83. The number of guanidine groups is 1. The second-order valence-corrected chi connectivity index (χ2v) is 11.1. The molecule has 160 valence electrons. The van der Waals surface area contributed by atoms with Gasteiger partial charge in [-0.3, -0.25) is 4.99 Å². The Morgan fingerprint density at radius 3 is 2.52 bits per heavy atom. The molecule has 27 heavy (non-hydrogen) atoms. The quantitative estimate of drug-likeness (QED) is 0.256. The molecule has 0 bridgehead atoms. The summed E-state index contributed by atoms with van der Waals surface area (Å²) >= 11 is 0. The van der Waals surface area contributed by atoms with Crippen molar-refractivity contribution in [3.8, 4) is 0 Å². The number of nitrogens with zero attached hydrogens (tertiary/aromatic N) is 3. The van der Waals surface area contributed by atoms with Crippen LogP contribution in [0, 0.1) is 0 Å². The Morgan fingerprint density at radius 1 is 1.26 bits per heavy atom. The first kappa shape index (κ1) is 24.9. The van der Waals surface area contributed by atoms with E-state index in [9.17, 15) is 8.42 Å². The molecule has 1 aliphatic carbocycles. The van der Waals surface area contributed by atoms with Crippen LogP contribution < -0.4 is 5.32 Å². The summed E-state index contributed by atoms with van der Waals surface area (Å²) in [7, 11) is -0.783. The van der Waals surface area contributed by atoms with Gasteiger partial charge >= 0.3 is 0 Å². The third kappa shape index (κ3) is 7.03. The first-order valence-corrected chi connectivity index (χ1v) is 11.9. The van der Waals surface area contributed by atoms with Crippen molar-refractivity contribution in [2.24, 2.45) is 4.99 Å². The Balaban J connectivity index is 0.00000364. The fourth-order valence-corrected chi connectivity index (χ4v) is 5.33. The summed E-state index contributed by atoms with van der Waals surface area (Å²) in [5.41, 5.74) is 0. The lowest BCUT2D eigenvalue weighted by Gasteiger charge is -2.39. The third-order valence-corrected chi connectivity index (χ3v) is 8.34. The summed E-state index contributed by atoms with van der Waals surface area (Å²) in [6, 6.07) is 0.745. The van der Waals surface area contributed by atoms with Crippen LogP contribution in [0.5, 0.6) is 0 Å². The maximum absolute atomic E-state index is 12.2. The second kappa shape index (κ2) is 11.2. The minimum atomic E-state index is -3.02. The van der Waals surface area contributed by atoms with Gasteiger partial charge < -0.3 is 15.1 Å². The van der Waals surface area contributed by atoms with Crippen LogP contribution >= 0.6 is 24.0 Å². The molecule has 0 atom stereocenters. The van der Waals surface area contributed by atoms with Gasteiger partial charge in [-0.05, 0) is 53.6 Å². The molecule has 1 saturated carbocycles. The van der Waals surface area contributed by atoms with Gasteiger partial charge in [0.1, 0.15) is 0 Å². The van der Waals surface area contributed by atoms with E-state index in [0.29, 0.717) is 13.1 Å². The Labute approximate surface area is 183 Å². The molecule has 0 unspecified atom stereocenters. The van der Waals surface area contributed by atoms with Gasteiger partial charge in [-0.25, -0.2) is 8.42 Å². The van der Waals surface area contributed by atoms with Crippen molar-refractivity contribution in [1.82, 2.24) is 15.1 Å². The molecule has 2 fully saturated rings. The Hall–Kier alpha value is -0.0900. The average Bonchev–Trinajstić information content (AvgIpc) is 2.60. The van der Waals surface area contributed by atoms with Crippen LogP contribution in [0.2, 0.25) is 0 Å². The van der Waals surface area contributed by atoms with E-state index >= 15 is 0 Å².